The summed E-state index contributed by atoms with van der Waals surface area (Å²) in [5.41, 5.74) is 1.23. The van der Waals surface area contributed by atoms with Crippen molar-refractivity contribution in [3.05, 3.63) is 61.3 Å². The predicted octanol–water partition coefficient (Wildman–Crippen LogP) is 4.52. The van der Waals surface area contributed by atoms with Crippen molar-refractivity contribution in [1.29, 1.82) is 0 Å². The molecule has 10 heteroatoms. The maximum absolute atomic E-state index is 13.9. The third kappa shape index (κ3) is 4.99. The summed E-state index contributed by atoms with van der Waals surface area (Å²) in [6.45, 7) is 2.46. The number of benzene rings is 1. The van der Waals surface area contributed by atoms with Crippen molar-refractivity contribution in [2.24, 2.45) is 0 Å². The molecule has 1 amide bonds. The van der Waals surface area contributed by atoms with Gasteiger partial charge in [0.2, 0.25) is 5.91 Å². The van der Waals surface area contributed by atoms with Crippen LogP contribution in [0.25, 0.3) is 0 Å². The average molecular weight is 522 g/mol. The fourth-order valence-electron chi connectivity index (χ4n) is 2.43. The Hall–Kier alpha value is -1.65. The number of rotatable bonds is 6. The van der Waals surface area contributed by atoms with E-state index in [1.54, 1.807) is 10.7 Å². The smallest absolute Gasteiger partial charge is 0.227 e. The second-order valence-electron chi connectivity index (χ2n) is 5.85. The number of hydrogen-bond donors (Lipinski definition) is 1. The van der Waals surface area contributed by atoms with Crippen LogP contribution in [0.2, 0.25) is 10.0 Å². The summed E-state index contributed by atoms with van der Waals surface area (Å²) in [6.07, 6.45) is 3.61. The average Bonchev–Trinajstić information content (AvgIpc) is 3.11. The molecule has 3 aromatic rings. The molecule has 1 N–H and O–H groups in total. The molecule has 2 aromatic heterocycles. The van der Waals surface area contributed by atoms with E-state index >= 15 is 0 Å². The van der Waals surface area contributed by atoms with Gasteiger partial charge in [-0.25, -0.2) is 4.39 Å². The molecule has 3 rings (SSSR count). The van der Waals surface area contributed by atoms with E-state index in [-0.39, 0.29) is 29.7 Å². The summed E-state index contributed by atoms with van der Waals surface area (Å²) in [4.78, 5) is 12.2. The minimum atomic E-state index is -0.427. The highest BCUT2D eigenvalue weighted by Gasteiger charge is 2.14. The van der Waals surface area contributed by atoms with E-state index in [0.29, 0.717) is 17.1 Å². The molecule has 0 bridgehead atoms. The number of aryl methyl sites for hydroxylation is 2. The van der Waals surface area contributed by atoms with Crippen LogP contribution in [0.1, 0.15) is 17.7 Å². The highest BCUT2D eigenvalue weighted by molar-refractivity contribution is 14.1. The van der Waals surface area contributed by atoms with Gasteiger partial charge in [0.15, 0.2) is 5.82 Å². The van der Waals surface area contributed by atoms with E-state index in [1.807, 2.05) is 13.1 Å². The maximum Gasteiger partial charge on any atom is 0.227 e. The van der Waals surface area contributed by atoms with Gasteiger partial charge >= 0.3 is 0 Å². The van der Waals surface area contributed by atoms with Crippen molar-refractivity contribution in [3.63, 3.8) is 0 Å². The van der Waals surface area contributed by atoms with Crippen LogP contribution in [0.4, 0.5) is 10.2 Å². The first-order chi connectivity index (χ1) is 12.8. The van der Waals surface area contributed by atoms with E-state index in [4.69, 9.17) is 23.2 Å². The van der Waals surface area contributed by atoms with Gasteiger partial charge in [-0.15, -0.1) is 0 Å². The monoisotopic (exact) mass is 521 g/mol. The Morgan fingerprint density at radius 3 is 2.67 bits per heavy atom. The Labute approximate surface area is 178 Å². The lowest BCUT2D eigenvalue weighted by atomic mass is 10.2. The standard InChI is InChI=1S/C17H15Cl2FIN5O/c1-10-15(21)9-25(23-10)6-5-16(27)22-17-13(19)8-26(24-17)7-11-12(18)3-2-4-14(11)20/h2-4,8-9H,5-7H2,1H3,(H,22,24,27). The van der Waals surface area contributed by atoms with E-state index in [9.17, 15) is 9.18 Å². The van der Waals surface area contributed by atoms with Crippen LogP contribution in [0, 0.1) is 16.3 Å². The van der Waals surface area contributed by atoms with Gasteiger partial charge in [-0.1, -0.05) is 29.3 Å². The van der Waals surface area contributed by atoms with Crippen molar-refractivity contribution >= 4 is 57.5 Å². The summed E-state index contributed by atoms with van der Waals surface area (Å²) in [7, 11) is 0. The van der Waals surface area contributed by atoms with Gasteiger partial charge in [-0.2, -0.15) is 10.2 Å². The molecule has 1 aromatic carbocycles. The molecule has 0 saturated heterocycles. The summed E-state index contributed by atoms with van der Waals surface area (Å²) < 4.78 is 18.1. The normalized spacial score (nSPS) is 11.0. The molecule has 0 aliphatic rings. The lowest BCUT2D eigenvalue weighted by Crippen LogP contribution is -2.15. The van der Waals surface area contributed by atoms with Gasteiger partial charge in [0.1, 0.15) is 10.8 Å². The molecule has 0 unspecified atom stereocenters. The first-order valence-electron chi connectivity index (χ1n) is 7.98. The van der Waals surface area contributed by atoms with Crippen LogP contribution in [0.15, 0.2) is 30.6 Å². The summed E-state index contributed by atoms with van der Waals surface area (Å²) >= 11 is 14.4. The SMILES string of the molecule is Cc1nn(CCC(=O)Nc2nn(Cc3c(F)cccc3Cl)cc2Cl)cc1I. The maximum atomic E-state index is 13.9. The Kier molecular flexibility index (Phi) is 6.38. The van der Waals surface area contributed by atoms with Gasteiger partial charge < -0.3 is 5.32 Å². The topological polar surface area (TPSA) is 64.7 Å². The van der Waals surface area contributed by atoms with Crippen LogP contribution in [-0.4, -0.2) is 25.5 Å². The molecule has 27 heavy (non-hydrogen) atoms. The number of nitrogens with zero attached hydrogens (tertiary/aromatic N) is 4. The van der Waals surface area contributed by atoms with E-state index in [0.717, 1.165) is 9.26 Å². The molecule has 2 heterocycles. The lowest BCUT2D eigenvalue weighted by Gasteiger charge is -2.06. The van der Waals surface area contributed by atoms with Gasteiger partial charge in [-0.3, -0.25) is 14.2 Å². The van der Waals surface area contributed by atoms with Gasteiger partial charge in [0.25, 0.3) is 0 Å². The minimum absolute atomic E-state index is 0.103. The molecule has 0 aliphatic heterocycles. The molecule has 6 nitrogen and oxygen atoms in total. The van der Waals surface area contributed by atoms with Crippen LogP contribution in [0.5, 0.6) is 0 Å². The number of halogens is 4. The fourth-order valence-corrected chi connectivity index (χ4v) is 3.28. The van der Waals surface area contributed by atoms with Gasteiger partial charge in [-0.05, 0) is 41.6 Å². The Morgan fingerprint density at radius 2 is 2.00 bits per heavy atom. The van der Waals surface area contributed by atoms with Crippen LogP contribution < -0.4 is 5.32 Å². The zero-order chi connectivity index (χ0) is 19.6. The summed E-state index contributed by atoms with van der Waals surface area (Å²) in [5, 5.41) is 11.7. The number of nitrogens with one attached hydrogen (secondary N) is 1. The molecule has 0 atom stereocenters. The minimum Gasteiger partial charge on any atom is -0.308 e. The molecule has 142 valence electrons. The number of anilines is 1. The zero-order valence-corrected chi connectivity index (χ0v) is 17.9. The van der Waals surface area contributed by atoms with E-state index in [2.05, 4.69) is 38.1 Å². The first kappa shape index (κ1) is 20.1. The molecule has 0 spiro atoms. The van der Waals surface area contributed by atoms with Crippen molar-refractivity contribution in [1.82, 2.24) is 19.6 Å². The zero-order valence-electron chi connectivity index (χ0n) is 14.2. The molecule has 0 aliphatic carbocycles. The number of carbonyl (C=O) groups excluding carboxylic acids is 1. The Balaban J connectivity index is 1.63. The second-order valence-corrected chi connectivity index (χ2v) is 7.82. The number of amides is 1. The Bertz CT molecular complexity index is 948. The predicted molar refractivity (Wildman–Crippen MR) is 111 cm³/mol. The van der Waals surface area contributed by atoms with Gasteiger partial charge in [0.05, 0.1) is 15.8 Å². The quantitative estimate of drug-likeness (QED) is 0.485. The van der Waals surface area contributed by atoms with E-state index in [1.165, 1.54) is 23.0 Å². The Morgan fingerprint density at radius 1 is 1.22 bits per heavy atom. The van der Waals surface area contributed by atoms with Crippen LogP contribution in [0.3, 0.4) is 0 Å². The first-order valence-corrected chi connectivity index (χ1v) is 9.82. The highest BCUT2D eigenvalue weighted by Crippen LogP contribution is 2.23. The molecular weight excluding hydrogens is 507 g/mol. The molecular formula is C17H15Cl2FIN5O. The molecule has 0 radical (unpaired) electrons. The largest absolute Gasteiger partial charge is 0.308 e. The van der Waals surface area contributed by atoms with Crippen molar-refractivity contribution in [2.75, 3.05) is 5.32 Å². The number of carbonyl (C=O) groups is 1. The highest BCUT2D eigenvalue weighted by atomic mass is 127. The third-order valence-electron chi connectivity index (χ3n) is 3.81. The lowest BCUT2D eigenvalue weighted by molar-refractivity contribution is -0.116. The molecule has 0 saturated carbocycles. The number of hydrogen-bond acceptors (Lipinski definition) is 3. The van der Waals surface area contributed by atoms with Gasteiger partial charge in [0, 0.05) is 35.9 Å². The fraction of sp³-hybridized carbons (Fsp3) is 0.235. The van der Waals surface area contributed by atoms with Crippen LogP contribution in [-0.2, 0) is 17.9 Å². The third-order valence-corrected chi connectivity index (χ3v) is 5.50. The second kappa shape index (κ2) is 8.57. The van der Waals surface area contributed by atoms with Crippen molar-refractivity contribution < 1.29 is 9.18 Å². The van der Waals surface area contributed by atoms with Crippen molar-refractivity contribution in [3.8, 4) is 0 Å². The molecule has 0 fully saturated rings. The van der Waals surface area contributed by atoms with Crippen LogP contribution >= 0.6 is 45.8 Å². The summed E-state index contributed by atoms with van der Waals surface area (Å²) in [6, 6.07) is 4.46. The number of aromatic nitrogens is 4. The van der Waals surface area contributed by atoms with Crippen molar-refractivity contribution in [2.45, 2.75) is 26.4 Å². The summed E-state index contributed by atoms with van der Waals surface area (Å²) in [5.74, 6) is -0.446. The van der Waals surface area contributed by atoms with E-state index < -0.39 is 5.82 Å².